The van der Waals surface area contributed by atoms with Crippen molar-refractivity contribution in [3.63, 3.8) is 0 Å². The molecule has 0 aliphatic heterocycles. The van der Waals surface area contributed by atoms with E-state index in [0.29, 0.717) is 6.42 Å². The van der Waals surface area contributed by atoms with Gasteiger partial charge in [-0.15, -0.1) is 11.8 Å². The number of nitrogens with one attached hydrogen (secondary N) is 1. The van der Waals surface area contributed by atoms with E-state index in [2.05, 4.69) is 21.2 Å². The highest BCUT2D eigenvalue weighted by Gasteiger charge is 2.03. The van der Waals surface area contributed by atoms with Gasteiger partial charge in [-0.1, -0.05) is 15.9 Å². The number of halogens is 1. The van der Waals surface area contributed by atoms with E-state index in [1.807, 2.05) is 24.3 Å². The first-order valence-electron chi connectivity index (χ1n) is 5.45. The maximum atomic E-state index is 11.2. The number of hydrogen-bond acceptors (Lipinski definition) is 3. The fourth-order valence-corrected chi connectivity index (χ4v) is 2.33. The molecule has 1 rings (SSSR count). The van der Waals surface area contributed by atoms with Crippen molar-refractivity contribution in [1.29, 1.82) is 0 Å². The lowest BCUT2D eigenvalue weighted by atomic mass is 10.3. The summed E-state index contributed by atoms with van der Waals surface area (Å²) in [5, 5.41) is 10.7. The van der Waals surface area contributed by atoms with Crippen LogP contribution in [0, 0.1) is 0 Å². The Balaban J connectivity index is 2.13. The van der Waals surface area contributed by atoms with E-state index in [0.717, 1.165) is 21.5 Å². The van der Waals surface area contributed by atoms with Crippen molar-refractivity contribution in [3.8, 4) is 0 Å². The van der Waals surface area contributed by atoms with Gasteiger partial charge in [0.1, 0.15) is 6.54 Å². The molecule has 0 spiro atoms. The molecular formula is C12H14BrNO3S. The molecule has 1 aromatic rings. The maximum Gasteiger partial charge on any atom is 0.322 e. The van der Waals surface area contributed by atoms with Crippen LogP contribution in [0.1, 0.15) is 12.8 Å². The number of benzene rings is 1. The van der Waals surface area contributed by atoms with Crippen LogP contribution < -0.4 is 5.32 Å². The van der Waals surface area contributed by atoms with Gasteiger partial charge in [0.05, 0.1) is 0 Å². The van der Waals surface area contributed by atoms with E-state index >= 15 is 0 Å². The molecule has 0 unspecified atom stereocenters. The molecule has 4 nitrogen and oxygen atoms in total. The van der Waals surface area contributed by atoms with Crippen LogP contribution in [0.4, 0.5) is 0 Å². The second kappa shape index (κ2) is 8.16. The summed E-state index contributed by atoms with van der Waals surface area (Å²) in [6, 6.07) is 7.97. The minimum absolute atomic E-state index is 0.214. The summed E-state index contributed by atoms with van der Waals surface area (Å²) in [6.45, 7) is -0.307. The summed E-state index contributed by atoms with van der Waals surface area (Å²) < 4.78 is 1.04. The predicted octanol–water partition coefficient (Wildman–Crippen LogP) is 2.52. The first-order chi connectivity index (χ1) is 8.58. The predicted molar refractivity (Wildman–Crippen MR) is 74.7 cm³/mol. The fourth-order valence-electron chi connectivity index (χ4n) is 1.22. The van der Waals surface area contributed by atoms with E-state index in [1.54, 1.807) is 11.8 Å². The van der Waals surface area contributed by atoms with Crippen LogP contribution in [0.25, 0.3) is 0 Å². The van der Waals surface area contributed by atoms with Gasteiger partial charge in [-0.3, -0.25) is 9.59 Å². The fraction of sp³-hybridized carbons (Fsp3) is 0.333. The maximum absolute atomic E-state index is 11.2. The molecule has 0 radical (unpaired) electrons. The lowest BCUT2D eigenvalue weighted by molar-refractivity contribution is -0.137. The summed E-state index contributed by atoms with van der Waals surface area (Å²) in [5.41, 5.74) is 0. The zero-order valence-electron chi connectivity index (χ0n) is 9.69. The smallest absolute Gasteiger partial charge is 0.322 e. The van der Waals surface area contributed by atoms with Crippen LogP contribution in [0.15, 0.2) is 33.6 Å². The monoisotopic (exact) mass is 331 g/mol. The summed E-state index contributed by atoms with van der Waals surface area (Å²) in [6.07, 6.45) is 1.09. The number of thioether (sulfide) groups is 1. The molecule has 0 saturated heterocycles. The number of carboxylic acid groups (broad SMARTS) is 1. The molecule has 0 saturated carbocycles. The van der Waals surface area contributed by atoms with Crippen molar-refractivity contribution >= 4 is 39.6 Å². The number of aliphatic carboxylic acids is 1. The second-order valence-electron chi connectivity index (χ2n) is 3.58. The average molecular weight is 332 g/mol. The molecule has 0 aliphatic rings. The standard InChI is InChI=1S/C12H14BrNO3S/c13-9-3-5-10(6-4-9)18-7-1-2-11(15)14-8-12(16)17/h3-6H,1-2,7-8H2,(H,14,15)(H,16,17). The molecule has 18 heavy (non-hydrogen) atoms. The Labute approximate surface area is 118 Å². The third kappa shape index (κ3) is 6.66. The van der Waals surface area contributed by atoms with E-state index in [1.165, 1.54) is 0 Å². The van der Waals surface area contributed by atoms with Gasteiger partial charge in [0.2, 0.25) is 5.91 Å². The Hall–Kier alpha value is -1.01. The van der Waals surface area contributed by atoms with Gasteiger partial charge in [-0.25, -0.2) is 0 Å². The number of hydrogen-bond donors (Lipinski definition) is 2. The zero-order valence-corrected chi connectivity index (χ0v) is 12.1. The highest BCUT2D eigenvalue weighted by Crippen LogP contribution is 2.21. The van der Waals surface area contributed by atoms with Gasteiger partial charge >= 0.3 is 5.97 Å². The molecule has 98 valence electrons. The Morgan fingerprint density at radius 3 is 2.56 bits per heavy atom. The first kappa shape index (κ1) is 15.0. The van der Waals surface area contributed by atoms with E-state index in [9.17, 15) is 9.59 Å². The highest BCUT2D eigenvalue weighted by atomic mass is 79.9. The number of rotatable bonds is 7. The number of carbonyl (C=O) groups excluding carboxylic acids is 1. The van der Waals surface area contributed by atoms with E-state index in [-0.39, 0.29) is 12.5 Å². The van der Waals surface area contributed by atoms with Crippen molar-refractivity contribution in [2.24, 2.45) is 0 Å². The second-order valence-corrected chi connectivity index (χ2v) is 5.66. The van der Waals surface area contributed by atoms with Gasteiger partial charge in [-0.05, 0) is 36.4 Å². The molecule has 6 heteroatoms. The van der Waals surface area contributed by atoms with Crippen LogP contribution in [-0.2, 0) is 9.59 Å². The molecule has 1 aromatic carbocycles. The average Bonchev–Trinajstić information content (AvgIpc) is 2.34. The van der Waals surface area contributed by atoms with Crippen molar-refractivity contribution in [2.75, 3.05) is 12.3 Å². The quantitative estimate of drug-likeness (QED) is 0.595. The Kier molecular flexibility index (Phi) is 6.82. The van der Waals surface area contributed by atoms with Gasteiger partial charge in [0, 0.05) is 15.8 Å². The summed E-state index contributed by atoms with van der Waals surface area (Å²) in [5.74, 6) is -0.399. The Bertz CT molecular complexity index is 408. The van der Waals surface area contributed by atoms with Crippen LogP contribution in [0.2, 0.25) is 0 Å². The molecule has 1 amide bonds. The van der Waals surface area contributed by atoms with Crippen molar-refractivity contribution < 1.29 is 14.7 Å². The number of carbonyl (C=O) groups is 2. The molecule has 0 fully saturated rings. The Morgan fingerprint density at radius 1 is 1.28 bits per heavy atom. The third-order valence-electron chi connectivity index (χ3n) is 2.07. The molecular weight excluding hydrogens is 318 g/mol. The lowest BCUT2D eigenvalue weighted by Gasteiger charge is -2.03. The summed E-state index contributed by atoms with van der Waals surface area (Å²) >= 11 is 5.04. The van der Waals surface area contributed by atoms with Crippen molar-refractivity contribution in [3.05, 3.63) is 28.7 Å². The highest BCUT2D eigenvalue weighted by molar-refractivity contribution is 9.10. The number of amides is 1. The van der Waals surface area contributed by atoms with Gasteiger partial charge in [-0.2, -0.15) is 0 Å². The largest absolute Gasteiger partial charge is 0.480 e. The van der Waals surface area contributed by atoms with Crippen LogP contribution in [0.3, 0.4) is 0 Å². The van der Waals surface area contributed by atoms with Crippen molar-refractivity contribution in [2.45, 2.75) is 17.7 Å². The minimum Gasteiger partial charge on any atom is -0.480 e. The molecule has 0 aliphatic carbocycles. The molecule has 0 bridgehead atoms. The van der Waals surface area contributed by atoms with Gasteiger partial charge in [0.25, 0.3) is 0 Å². The number of carboxylic acids is 1. The van der Waals surface area contributed by atoms with Crippen LogP contribution in [0.5, 0.6) is 0 Å². The van der Waals surface area contributed by atoms with Crippen LogP contribution in [-0.4, -0.2) is 29.3 Å². The van der Waals surface area contributed by atoms with E-state index < -0.39 is 5.97 Å². The minimum atomic E-state index is -1.02. The normalized spacial score (nSPS) is 10.1. The van der Waals surface area contributed by atoms with Gasteiger partial charge < -0.3 is 10.4 Å². The summed E-state index contributed by atoms with van der Waals surface area (Å²) in [7, 11) is 0. The lowest BCUT2D eigenvalue weighted by Crippen LogP contribution is -2.28. The van der Waals surface area contributed by atoms with Gasteiger partial charge in [0.15, 0.2) is 0 Å². The molecule has 0 atom stereocenters. The SMILES string of the molecule is O=C(O)CNC(=O)CCCSc1ccc(Br)cc1. The first-order valence-corrected chi connectivity index (χ1v) is 7.22. The topological polar surface area (TPSA) is 66.4 Å². The molecule has 2 N–H and O–H groups in total. The molecule has 0 heterocycles. The van der Waals surface area contributed by atoms with Crippen molar-refractivity contribution in [1.82, 2.24) is 5.32 Å². The Morgan fingerprint density at radius 2 is 1.94 bits per heavy atom. The van der Waals surface area contributed by atoms with E-state index in [4.69, 9.17) is 5.11 Å². The summed E-state index contributed by atoms with van der Waals surface area (Å²) in [4.78, 5) is 22.6. The zero-order chi connectivity index (χ0) is 13.4. The van der Waals surface area contributed by atoms with Crippen LogP contribution >= 0.6 is 27.7 Å². The molecule has 0 aromatic heterocycles. The third-order valence-corrected chi connectivity index (χ3v) is 3.69.